The number of ether oxygens (including phenoxy) is 2. The second-order valence-corrected chi connectivity index (χ2v) is 12.0. The molecule has 232 valence electrons. The number of amides is 3. The summed E-state index contributed by atoms with van der Waals surface area (Å²) in [5.41, 5.74) is 1.68. The molecule has 11 nitrogen and oxygen atoms in total. The Labute approximate surface area is 264 Å². The molecule has 0 unspecified atom stereocenters. The van der Waals surface area contributed by atoms with Crippen LogP contribution in [0.3, 0.4) is 0 Å². The molecular weight excluding hydrogens is 617 g/mol. The normalized spacial score (nSPS) is 11.3. The molecule has 45 heavy (non-hydrogen) atoms. The van der Waals surface area contributed by atoms with Crippen molar-refractivity contribution in [2.75, 3.05) is 30.6 Å². The van der Waals surface area contributed by atoms with Gasteiger partial charge in [0.1, 0.15) is 17.2 Å². The van der Waals surface area contributed by atoms with Gasteiger partial charge in [0.15, 0.2) is 0 Å². The molecule has 0 aromatic heterocycles. The molecule has 0 heterocycles. The molecule has 0 saturated carbocycles. The third-order valence-electron chi connectivity index (χ3n) is 6.19. The zero-order chi connectivity index (χ0) is 32.4. The molecule has 4 rings (SSSR count). The number of carbonyl (C=O) groups excluding carboxylic acids is 3. The zero-order valence-electron chi connectivity index (χ0n) is 24.3. The van der Waals surface area contributed by atoms with E-state index in [1.54, 1.807) is 72.8 Å². The molecule has 13 heteroatoms. The first-order chi connectivity index (χ1) is 21.5. The molecule has 3 amide bonds. The van der Waals surface area contributed by atoms with E-state index in [0.29, 0.717) is 38.9 Å². The van der Waals surface area contributed by atoms with Gasteiger partial charge in [0.25, 0.3) is 11.8 Å². The first kappa shape index (κ1) is 32.8. The van der Waals surface area contributed by atoms with E-state index in [9.17, 15) is 22.8 Å². The highest BCUT2D eigenvalue weighted by molar-refractivity contribution is 8.00. The average molecular weight is 647 g/mol. The maximum absolute atomic E-state index is 13.5. The maximum Gasteiger partial charge on any atom is 0.272 e. The molecule has 4 aromatic carbocycles. The quantitative estimate of drug-likeness (QED) is 0.129. The predicted molar refractivity (Wildman–Crippen MR) is 174 cm³/mol. The molecular formula is C32H30N4O7S2. The van der Waals surface area contributed by atoms with Crippen LogP contribution < -0.4 is 30.6 Å². The number of primary sulfonamides is 1. The van der Waals surface area contributed by atoms with Crippen molar-refractivity contribution in [2.45, 2.75) is 9.79 Å². The second kappa shape index (κ2) is 15.1. The fourth-order valence-electron chi connectivity index (χ4n) is 3.99. The summed E-state index contributed by atoms with van der Waals surface area (Å²) in [7, 11) is -0.824. The van der Waals surface area contributed by atoms with E-state index in [1.807, 2.05) is 0 Å². The number of carbonyl (C=O) groups is 3. The van der Waals surface area contributed by atoms with Crippen molar-refractivity contribution in [1.82, 2.24) is 5.32 Å². The van der Waals surface area contributed by atoms with E-state index in [1.165, 1.54) is 56.3 Å². The van der Waals surface area contributed by atoms with Crippen molar-refractivity contribution in [1.29, 1.82) is 0 Å². The van der Waals surface area contributed by atoms with Gasteiger partial charge >= 0.3 is 0 Å². The average Bonchev–Trinajstić information content (AvgIpc) is 3.03. The Morgan fingerprint density at radius 2 is 1.56 bits per heavy atom. The highest BCUT2D eigenvalue weighted by Crippen LogP contribution is 2.27. The van der Waals surface area contributed by atoms with Crippen LogP contribution in [0.4, 0.5) is 11.4 Å². The zero-order valence-corrected chi connectivity index (χ0v) is 25.9. The first-order valence-corrected chi connectivity index (χ1v) is 15.9. The molecule has 0 bridgehead atoms. The molecule has 0 aliphatic carbocycles. The molecule has 5 N–H and O–H groups in total. The summed E-state index contributed by atoms with van der Waals surface area (Å²) in [6, 6.07) is 25.9. The van der Waals surface area contributed by atoms with Crippen LogP contribution in [0.5, 0.6) is 11.5 Å². The van der Waals surface area contributed by atoms with Gasteiger partial charge in [0.2, 0.25) is 15.9 Å². The molecule has 0 saturated heterocycles. The van der Waals surface area contributed by atoms with E-state index in [0.717, 1.165) is 0 Å². The van der Waals surface area contributed by atoms with Crippen molar-refractivity contribution in [3.63, 3.8) is 0 Å². The summed E-state index contributed by atoms with van der Waals surface area (Å²) in [6.07, 6.45) is 1.50. The summed E-state index contributed by atoms with van der Waals surface area (Å²) >= 11 is 1.23. The van der Waals surface area contributed by atoms with Crippen LogP contribution in [-0.4, -0.2) is 46.1 Å². The minimum atomic E-state index is -3.84. The largest absolute Gasteiger partial charge is 0.497 e. The number of benzene rings is 4. The molecule has 0 fully saturated rings. The van der Waals surface area contributed by atoms with Crippen molar-refractivity contribution < 1.29 is 32.3 Å². The fourth-order valence-corrected chi connectivity index (χ4v) is 5.26. The first-order valence-electron chi connectivity index (χ1n) is 13.3. The summed E-state index contributed by atoms with van der Waals surface area (Å²) in [5.74, 6) is -0.348. The number of rotatable bonds is 12. The summed E-state index contributed by atoms with van der Waals surface area (Å²) in [5, 5.41) is 13.3. The predicted octanol–water partition coefficient (Wildman–Crippen LogP) is 4.49. The number of thioether (sulfide) groups is 1. The Hall–Kier alpha value is -5.11. The van der Waals surface area contributed by atoms with Crippen molar-refractivity contribution in [3.05, 3.63) is 114 Å². The Morgan fingerprint density at radius 1 is 0.822 bits per heavy atom. The van der Waals surface area contributed by atoms with Gasteiger partial charge in [-0.05, 0) is 78.9 Å². The number of hydrogen-bond acceptors (Lipinski definition) is 8. The van der Waals surface area contributed by atoms with Crippen molar-refractivity contribution in [3.8, 4) is 11.5 Å². The lowest BCUT2D eigenvalue weighted by Gasteiger charge is -2.14. The molecule has 0 aliphatic heterocycles. The topological polar surface area (TPSA) is 166 Å². The highest BCUT2D eigenvalue weighted by Gasteiger charge is 2.17. The number of hydrogen-bond donors (Lipinski definition) is 4. The van der Waals surface area contributed by atoms with Gasteiger partial charge in [0.05, 0.1) is 24.9 Å². The summed E-state index contributed by atoms with van der Waals surface area (Å²) < 4.78 is 33.6. The molecule has 0 aliphatic rings. The molecule has 4 aromatic rings. The number of anilines is 2. The Kier molecular flexibility index (Phi) is 11.0. The standard InChI is InChI=1S/C32H30N4O7S2/c1-42-25-13-16-29(43-2)22(17-25)18-28(36-31(38)21-7-4-3-5-8-21)32(39)35-24-9-6-10-26(19-24)44-20-30(37)34-23-11-14-27(15-12-23)45(33,40)41/h3-19H,20H2,1-2H3,(H,34,37)(H,35,39)(H,36,38)(H2,33,40,41)/b28-18+. The van der Waals surface area contributed by atoms with Gasteiger partial charge in [-0.15, -0.1) is 11.8 Å². The lowest BCUT2D eigenvalue weighted by Crippen LogP contribution is -2.30. The van der Waals surface area contributed by atoms with Crippen LogP contribution >= 0.6 is 11.8 Å². The smallest absolute Gasteiger partial charge is 0.272 e. The third kappa shape index (κ3) is 9.44. The SMILES string of the molecule is COc1ccc(OC)c(/C=C(/NC(=O)c2ccccc2)C(=O)Nc2cccc(SCC(=O)Nc3ccc(S(N)(=O)=O)cc3)c2)c1. The minimum absolute atomic E-state index is 0.0405. The van der Waals surface area contributed by atoms with Crippen LogP contribution in [0.1, 0.15) is 15.9 Å². The number of nitrogens with two attached hydrogens (primary N) is 1. The Balaban J connectivity index is 1.48. The number of nitrogens with one attached hydrogen (secondary N) is 3. The van der Waals surface area contributed by atoms with Crippen LogP contribution in [0, 0.1) is 0 Å². The van der Waals surface area contributed by atoms with Crippen molar-refractivity contribution >= 4 is 57.0 Å². The lowest BCUT2D eigenvalue weighted by atomic mass is 10.1. The molecule has 0 spiro atoms. The third-order valence-corrected chi connectivity index (χ3v) is 8.12. The maximum atomic E-state index is 13.5. The van der Waals surface area contributed by atoms with E-state index in [2.05, 4.69) is 16.0 Å². The number of methoxy groups -OCH3 is 2. The van der Waals surface area contributed by atoms with E-state index < -0.39 is 21.8 Å². The summed E-state index contributed by atoms with van der Waals surface area (Å²) in [6.45, 7) is 0. The Morgan fingerprint density at radius 3 is 2.22 bits per heavy atom. The van der Waals surface area contributed by atoms with Crippen molar-refractivity contribution in [2.24, 2.45) is 5.14 Å². The number of sulfonamides is 1. The van der Waals surface area contributed by atoms with Gasteiger partial charge in [-0.2, -0.15) is 0 Å². The molecule has 0 atom stereocenters. The van der Waals surface area contributed by atoms with E-state index in [4.69, 9.17) is 14.6 Å². The van der Waals surface area contributed by atoms with E-state index >= 15 is 0 Å². The monoisotopic (exact) mass is 646 g/mol. The highest BCUT2D eigenvalue weighted by atomic mass is 32.2. The lowest BCUT2D eigenvalue weighted by molar-refractivity contribution is -0.114. The van der Waals surface area contributed by atoms with Crippen LogP contribution in [0.25, 0.3) is 6.08 Å². The summed E-state index contributed by atoms with van der Waals surface area (Å²) in [4.78, 5) is 39.7. The van der Waals surface area contributed by atoms with Gasteiger partial charge in [-0.3, -0.25) is 14.4 Å². The van der Waals surface area contributed by atoms with Crippen LogP contribution in [0.15, 0.2) is 113 Å². The molecule has 0 radical (unpaired) electrons. The second-order valence-electron chi connectivity index (χ2n) is 9.37. The minimum Gasteiger partial charge on any atom is -0.497 e. The van der Waals surface area contributed by atoms with Gasteiger partial charge in [-0.1, -0.05) is 24.3 Å². The van der Waals surface area contributed by atoms with Crippen LogP contribution in [0.2, 0.25) is 0 Å². The fraction of sp³-hybridized carbons (Fsp3) is 0.0938. The van der Waals surface area contributed by atoms with Gasteiger partial charge < -0.3 is 25.4 Å². The van der Waals surface area contributed by atoms with E-state index in [-0.39, 0.29) is 22.3 Å². The Bertz CT molecular complexity index is 1830. The van der Waals surface area contributed by atoms with Gasteiger partial charge in [0, 0.05) is 27.4 Å². The van der Waals surface area contributed by atoms with Crippen LogP contribution in [-0.2, 0) is 19.6 Å². The van der Waals surface area contributed by atoms with Gasteiger partial charge in [-0.25, -0.2) is 13.6 Å².